The van der Waals surface area contributed by atoms with Crippen LogP contribution < -0.4 is 10.0 Å². The number of pyridine rings is 1. The molecule has 0 radical (unpaired) electrons. The molecule has 2 aliphatic carbocycles. The zero-order chi connectivity index (χ0) is 40.5. The van der Waals surface area contributed by atoms with Crippen molar-refractivity contribution in [1.29, 1.82) is 0 Å². The highest BCUT2D eigenvalue weighted by Crippen LogP contribution is 2.57. The highest BCUT2D eigenvalue weighted by molar-refractivity contribution is 7.92. The van der Waals surface area contributed by atoms with Crippen molar-refractivity contribution >= 4 is 32.7 Å². The number of amides is 1. The minimum Gasteiger partial charge on any atom is -0.378 e. The van der Waals surface area contributed by atoms with Gasteiger partial charge in [-0.1, -0.05) is 29.9 Å². The van der Waals surface area contributed by atoms with E-state index < -0.39 is 86.9 Å². The smallest absolute Gasteiger partial charge is 0.304 e. The summed E-state index contributed by atoms with van der Waals surface area (Å²) in [5.41, 5.74) is -2.32. The fraction of sp³-hybridized carbons (Fsp3) is 0.316. The third-order valence-electron chi connectivity index (χ3n) is 9.15. The number of halogens is 6. The minimum atomic E-state index is -3.76. The second-order valence-corrected chi connectivity index (χ2v) is 15.8. The van der Waals surface area contributed by atoms with Gasteiger partial charge < -0.3 is 10.4 Å². The molecule has 3 atom stereocenters. The van der Waals surface area contributed by atoms with E-state index in [1.807, 2.05) is 0 Å². The van der Waals surface area contributed by atoms with Gasteiger partial charge in [0, 0.05) is 35.2 Å². The lowest BCUT2D eigenvalue weighted by molar-refractivity contribution is -0.123. The Morgan fingerprint density at radius 2 is 1.77 bits per heavy atom. The average molecular weight is 796 g/mol. The number of carbonyl (C=O) groups excluding carboxylic acids is 1. The third kappa shape index (κ3) is 7.29. The van der Waals surface area contributed by atoms with E-state index in [0.717, 1.165) is 18.4 Å². The van der Waals surface area contributed by atoms with Gasteiger partial charge in [-0.25, -0.2) is 31.0 Å². The quantitative estimate of drug-likeness (QED) is 0.126. The van der Waals surface area contributed by atoms with Gasteiger partial charge in [-0.2, -0.15) is 19.0 Å². The molecule has 0 fully saturated rings. The van der Waals surface area contributed by atoms with Crippen LogP contribution >= 0.6 is 0 Å². The lowest BCUT2D eigenvalue weighted by Gasteiger charge is -2.24. The van der Waals surface area contributed by atoms with E-state index in [1.165, 1.54) is 24.6 Å². The van der Waals surface area contributed by atoms with Crippen LogP contribution in [0.3, 0.4) is 0 Å². The molecule has 290 valence electrons. The zero-order valence-corrected chi connectivity index (χ0v) is 30.7. The molecule has 2 aliphatic rings. The monoisotopic (exact) mass is 795 g/mol. The largest absolute Gasteiger partial charge is 0.378 e. The molecule has 18 heteroatoms. The van der Waals surface area contributed by atoms with Crippen LogP contribution in [0.1, 0.15) is 66.1 Å². The normalized spacial score (nSPS) is 17.3. The van der Waals surface area contributed by atoms with Crippen LogP contribution in [0.25, 0.3) is 22.0 Å². The highest BCUT2D eigenvalue weighted by Gasteiger charge is 2.60. The van der Waals surface area contributed by atoms with Gasteiger partial charge in [-0.3, -0.25) is 18.9 Å². The molecule has 7 rings (SSSR count). The minimum absolute atomic E-state index is 0.0136. The molecular weight excluding hydrogens is 765 g/mol. The van der Waals surface area contributed by atoms with Gasteiger partial charge in [0.25, 0.3) is 6.43 Å². The van der Waals surface area contributed by atoms with Crippen LogP contribution in [0.4, 0.5) is 32.2 Å². The van der Waals surface area contributed by atoms with Crippen LogP contribution in [-0.4, -0.2) is 55.8 Å². The summed E-state index contributed by atoms with van der Waals surface area (Å²) in [4.78, 5) is 18.6. The van der Waals surface area contributed by atoms with Crippen LogP contribution in [0.5, 0.6) is 0 Å². The Morgan fingerprint density at radius 1 is 1.05 bits per heavy atom. The lowest BCUT2D eigenvalue weighted by atomic mass is 9.84. The fourth-order valence-corrected chi connectivity index (χ4v) is 7.48. The van der Waals surface area contributed by atoms with Crippen LogP contribution in [-0.2, 0) is 40.8 Å². The van der Waals surface area contributed by atoms with E-state index >= 15 is 8.78 Å². The van der Waals surface area contributed by atoms with Gasteiger partial charge >= 0.3 is 5.92 Å². The van der Waals surface area contributed by atoms with Crippen LogP contribution in [0.15, 0.2) is 48.5 Å². The zero-order valence-electron chi connectivity index (χ0n) is 29.9. The number of aliphatic hydroxyl groups is 1. The molecule has 3 unspecified atom stereocenters. The fourth-order valence-electron chi connectivity index (χ4n) is 6.98. The number of aryl methyl sites for hydroxylation is 1. The molecule has 0 saturated heterocycles. The van der Waals surface area contributed by atoms with E-state index in [4.69, 9.17) is 4.98 Å². The van der Waals surface area contributed by atoms with Gasteiger partial charge in [-0.15, -0.1) is 0 Å². The summed E-state index contributed by atoms with van der Waals surface area (Å²) in [5.74, 6) is 0.984. The number of aromatic nitrogens is 5. The lowest BCUT2D eigenvalue weighted by Crippen LogP contribution is -2.36. The van der Waals surface area contributed by atoms with Crippen molar-refractivity contribution in [2.45, 2.75) is 56.7 Å². The van der Waals surface area contributed by atoms with Crippen molar-refractivity contribution in [2.24, 2.45) is 13.0 Å². The molecule has 2 aromatic carbocycles. The van der Waals surface area contributed by atoms with Crippen molar-refractivity contribution in [1.82, 2.24) is 29.9 Å². The number of nitrogens with zero attached hydrogens (tertiary/aromatic N) is 5. The predicted octanol–water partition coefficient (Wildman–Crippen LogP) is 5.46. The standard InChI is InChI=1S/C38H31F6N7O4S/c1-37(2,53)13-12-22-8-9-23(24-6-5-7-26-33(24)50(3)48-36(26)49-56(4,54)55)31(45-22)28(16-19-14-20(39)17-21(40)15-19)46-29(52)18-51-34-30(32(47-51)35(41)42)25-10-11-27(25)38(34,43)44/h5-9,14-15,17,25,27-28,35,53H,16,18H2,1-4H3,(H,46,52)(H,48,49). The molecule has 56 heavy (non-hydrogen) atoms. The highest BCUT2D eigenvalue weighted by atomic mass is 32.2. The Balaban J connectivity index is 1.37. The predicted molar refractivity (Wildman–Crippen MR) is 192 cm³/mol. The first-order valence-corrected chi connectivity index (χ1v) is 18.8. The van der Waals surface area contributed by atoms with Crippen molar-refractivity contribution in [2.75, 3.05) is 11.0 Å². The maximum atomic E-state index is 15.5. The third-order valence-corrected chi connectivity index (χ3v) is 9.71. The molecule has 3 heterocycles. The molecule has 0 aliphatic heterocycles. The number of fused-ring (bicyclic) bond motifs is 4. The Hall–Kier alpha value is -5.85. The Kier molecular flexibility index (Phi) is 9.41. The number of rotatable bonds is 10. The molecule has 0 saturated carbocycles. The summed E-state index contributed by atoms with van der Waals surface area (Å²) >= 11 is 0. The average Bonchev–Trinajstić information content (AvgIpc) is 3.63. The van der Waals surface area contributed by atoms with Crippen LogP contribution in [0.2, 0.25) is 0 Å². The first-order valence-electron chi connectivity index (χ1n) is 16.9. The second kappa shape index (κ2) is 13.7. The summed E-state index contributed by atoms with van der Waals surface area (Å²) in [7, 11) is -2.20. The Morgan fingerprint density at radius 3 is 2.39 bits per heavy atom. The van der Waals surface area contributed by atoms with Gasteiger partial charge in [0.05, 0.1) is 29.4 Å². The van der Waals surface area contributed by atoms with E-state index in [2.05, 4.69) is 43.9 Å². The molecule has 1 amide bonds. The first-order chi connectivity index (χ1) is 26.2. The number of carbonyl (C=O) groups is 1. The molecule has 11 nitrogen and oxygen atoms in total. The van der Waals surface area contributed by atoms with E-state index in [1.54, 1.807) is 31.3 Å². The van der Waals surface area contributed by atoms with E-state index in [-0.39, 0.29) is 29.2 Å². The van der Waals surface area contributed by atoms with Gasteiger partial charge in [-0.05, 0) is 62.1 Å². The maximum Gasteiger partial charge on any atom is 0.304 e. The number of para-hydroxylation sites is 1. The van der Waals surface area contributed by atoms with Crippen molar-refractivity contribution < 1.29 is 44.7 Å². The number of hydrogen-bond acceptors (Lipinski definition) is 7. The number of alkyl halides is 4. The van der Waals surface area contributed by atoms with Crippen molar-refractivity contribution in [3.05, 3.63) is 94.1 Å². The van der Waals surface area contributed by atoms with Crippen molar-refractivity contribution in [3.63, 3.8) is 0 Å². The summed E-state index contributed by atoms with van der Waals surface area (Å²) < 4.78 is 117. The molecular formula is C38H31F6N7O4S. The van der Waals surface area contributed by atoms with Gasteiger partial charge in [0.2, 0.25) is 15.9 Å². The molecule has 3 aromatic heterocycles. The van der Waals surface area contributed by atoms with Gasteiger partial charge in [0.15, 0.2) is 5.82 Å². The van der Waals surface area contributed by atoms with Crippen molar-refractivity contribution in [3.8, 4) is 34.8 Å². The molecule has 5 aromatic rings. The Bertz CT molecular complexity index is 2660. The first kappa shape index (κ1) is 38.4. The van der Waals surface area contributed by atoms with E-state index in [0.29, 0.717) is 32.8 Å². The number of anilines is 1. The number of hydrogen-bond donors (Lipinski definition) is 3. The van der Waals surface area contributed by atoms with Gasteiger partial charge in [0.1, 0.15) is 46.8 Å². The molecule has 0 spiro atoms. The second-order valence-electron chi connectivity index (χ2n) is 14.1. The Labute approximate surface area is 316 Å². The molecule has 0 bridgehead atoms. The van der Waals surface area contributed by atoms with E-state index in [9.17, 15) is 35.9 Å². The SMILES string of the molecule is Cn1nc(NS(C)(=O)=O)c2cccc(-c3ccc(C#CC(C)(C)O)nc3C(Cc3cc(F)cc(F)c3)NC(=O)Cn3nc(C(F)F)c4c3C(F)(F)C3C#CC43)c21. The summed E-state index contributed by atoms with van der Waals surface area (Å²) in [6.07, 6.45) is -2.61. The summed E-state index contributed by atoms with van der Waals surface area (Å²) in [5, 5.41) is 21.4. The number of nitrogens with one attached hydrogen (secondary N) is 2. The maximum absolute atomic E-state index is 15.5. The molecule has 3 N–H and O–H groups in total. The van der Waals surface area contributed by atoms with Crippen LogP contribution in [0, 0.1) is 41.2 Å². The number of benzene rings is 2. The summed E-state index contributed by atoms with van der Waals surface area (Å²) in [6.45, 7) is 1.92. The summed E-state index contributed by atoms with van der Waals surface area (Å²) in [6, 6.07) is 9.38. The number of sulfonamides is 1. The topological polar surface area (TPSA) is 144 Å².